The van der Waals surface area contributed by atoms with Gasteiger partial charge in [0.25, 0.3) is 0 Å². The molecule has 7 heteroatoms. The van der Waals surface area contributed by atoms with E-state index < -0.39 is 0 Å². The van der Waals surface area contributed by atoms with Gasteiger partial charge in [0.15, 0.2) is 0 Å². The highest BCUT2D eigenvalue weighted by Gasteiger charge is 2.20. The summed E-state index contributed by atoms with van der Waals surface area (Å²) < 4.78 is 11.3. The molecule has 0 saturated heterocycles. The molecule has 0 aromatic carbocycles. The fourth-order valence-corrected chi connectivity index (χ4v) is 5.07. The zero-order chi connectivity index (χ0) is 17.2. The van der Waals surface area contributed by atoms with E-state index in [1.165, 1.54) is 21.1 Å². The number of thiophene rings is 1. The van der Waals surface area contributed by atoms with Crippen molar-refractivity contribution < 1.29 is 4.42 Å². The van der Waals surface area contributed by atoms with E-state index in [1.807, 2.05) is 31.3 Å². The van der Waals surface area contributed by atoms with Crippen LogP contribution in [-0.4, -0.2) is 15.4 Å². The number of anilines is 1. The SMILES string of the molecule is C[C@H](N)Cc1sc2c(NCc3ccco3)snc2c1-c1cccnc1. The molecule has 0 amide bonds. The number of pyridine rings is 1. The van der Waals surface area contributed by atoms with E-state index in [0.29, 0.717) is 6.54 Å². The molecule has 0 aliphatic carbocycles. The van der Waals surface area contributed by atoms with Crippen LogP contribution in [0.5, 0.6) is 0 Å². The Morgan fingerprint density at radius 2 is 2.24 bits per heavy atom. The average Bonchev–Trinajstić information content (AvgIpc) is 3.30. The van der Waals surface area contributed by atoms with Crippen molar-refractivity contribution in [1.29, 1.82) is 0 Å². The predicted molar refractivity (Wildman–Crippen MR) is 104 cm³/mol. The van der Waals surface area contributed by atoms with Gasteiger partial charge in [-0.3, -0.25) is 4.98 Å². The molecule has 4 heterocycles. The van der Waals surface area contributed by atoms with Gasteiger partial charge in [0.05, 0.1) is 17.5 Å². The molecule has 0 radical (unpaired) electrons. The average molecular weight is 371 g/mol. The number of nitrogens with zero attached hydrogens (tertiary/aromatic N) is 2. The van der Waals surface area contributed by atoms with Crippen molar-refractivity contribution in [2.75, 3.05) is 5.32 Å². The van der Waals surface area contributed by atoms with Crippen LogP contribution in [0.4, 0.5) is 5.00 Å². The minimum Gasteiger partial charge on any atom is -0.467 e. The van der Waals surface area contributed by atoms with Crippen LogP contribution >= 0.6 is 22.9 Å². The molecule has 3 N–H and O–H groups in total. The van der Waals surface area contributed by atoms with Gasteiger partial charge in [0.1, 0.15) is 16.3 Å². The monoisotopic (exact) mass is 370 g/mol. The molecule has 4 aromatic rings. The zero-order valence-electron chi connectivity index (χ0n) is 13.7. The first-order valence-corrected chi connectivity index (χ1v) is 9.64. The quantitative estimate of drug-likeness (QED) is 0.522. The summed E-state index contributed by atoms with van der Waals surface area (Å²) >= 11 is 3.25. The smallest absolute Gasteiger partial charge is 0.127 e. The van der Waals surface area contributed by atoms with Crippen LogP contribution < -0.4 is 11.1 Å². The lowest BCUT2D eigenvalue weighted by Gasteiger charge is -2.06. The molecule has 0 bridgehead atoms. The molecule has 1 atom stereocenters. The van der Waals surface area contributed by atoms with Crippen molar-refractivity contribution in [3.05, 3.63) is 53.6 Å². The highest BCUT2D eigenvalue weighted by atomic mass is 32.1. The maximum atomic E-state index is 6.07. The molecule has 0 fully saturated rings. The maximum absolute atomic E-state index is 6.07. The van der Waals surface area contributed by atoms with Crippen LogP contribution in [0.25, 0.3) is 21.3 Å². The third-order valence-electron chi connectivity index (χ3n) is 3.85. The Morgan fingerprint density at radius 1 is 1.32 bits per heavy atom. The summed E-state index contributed by atoms with van der Waals surface area (Å²) in [5.74, 6) is 0.904. The Hall–Kier alpha value is -2.22. The van der Waals surface area contributed by atoms with E-state index in [1.54, 1.807) is 23.8 Å². The van der Waals surface area contributed by atoms with Crippen LogP contribution in [0.3, 0.4) is 0 Å². The molecule has 128 valence electrons. The summed E-state index contributed by atoms with van der Waals surface area (Å²) in [7, 11) is 0. The van der Waals surface area contributed by atoms with Crippen molar-refractivity contribution in [1.82, 2.24) is 9.36 Å². The lowest BCUT2D eigenvalue weighted by molar-refractivity contribution is 0.518. The second-order valence-corrected chi connectivity index (χ2v) is 7.82. The number of rotatable bonds is 6. The lowest BCUT2D eigenvalue weighted by atomic mass is 10.0. The number of furan rings is 1. The molecule has 4 aromatic heterocycles. The summed E-state index contributed by atoms with van der Waals surface area (Å²) in [4.78, 5) is 5.52. The normalized spacial score (nSPS) is 12.6. The summed E-state index contributed by atoms with van der Waals surface area (Å²) in [5, 5.41) is 4.51. The van der Waals surface area contributed by atoms with Gasteiger partial charge in [0.2, 0.25) is 0 Å². The number of nitrogens with one attached hydrogen (secondary N) is 1. The molecular formula is C18H18N4OS2. The van der Waals surface area contributed by atoms with Crippen LogP contribution in [0.2, 0.25) is 0 Å². The summed E-state index contributed by atoms with van der Waals surface area (Å²) in [6, 6.07) is 7.99. The minimum atomic E-state index is 0.0985. The fourth-order valence-electron chi connectivity index (χ4n) is 2.78. The third-order valence-corrected chi connectivity index (χ3v) is 6.00. The fraction of sp³-hybridized carbons (Fsp3) is 0.222. The molecule has 0 saturated carbocycles. The van der Waals surface area contributed by atoms with E-state index in [2.05, 4.69) is 16.4 Å². The van der Waals surface area contributed by atoms with Gasteiger partial charge in [-0.05, 0) is 43.1 Å². The van der Waals surface area contributed by atoms with E-state index >= 15 is 0 Å². The van der Waals surface area contributed by atoms with Crippen molar-refractivity contribution in [2.45, 2.75) is 25.9 Å². The van der Waals surface area contributed by atoms with E-state index in [0.717, 1.165) is 33.8 Å². The van der Waals surface area contributed by atoms with E-state index in [-0.39, 0.29) is 6.04 Å². The van der Waals surface area contributed by atoms with Gasteiger partial charge < -0.3 is 15.5 Å². The molecule has 0 spiro atoms. The second kappa shape index (κ2) is 6.95. The van der Waals surface area contributed by atoms with Gasteiger partial charge >= 0.3 is 0 Å². The third kappa shape index (κ3) is 3.30. The lowest BCUT2D eigenvalue weighted by Crippen LogP contribution is -2.17. The van der Waals surface area contributed by atoms with Gasteiger partial charge in [-0.2, -0.15) is 4.37 Å². The Morgan fingerprint density at radius 3 is 2.96 bits per heavy atom. The molecule has 4 rings (SSSR count). The Balaban J connectivity index is 1.74. The van der Waals surface area contributed by atoms with E-state index in [9.17, 15) is 0 Å². The van der Waals surface area contributed by atoms with Crippen LogP contribution in [0.15, 0.2) is 47.3 Å². The van der Waals surface area contributed by atoms with Crippen LogP contribution in [0.1, 0.15) is 17.6 Å². The van der Waals surface area contributed by atoms with Crippen LogP contribution in [-0.2, 0) is 13.0 Å². The van der Waals surface area contributed by atoms with Gasteiger partial charge in [-0.15, -0.1) is 11.3 Å². The number of hydrogen-bond acceptors (Lipinski definition) is 7. The minimum absolute atomic E-state index is 0.0985. The summed E-state index contributed by atoms with van der Waals surface area (Å²) in [5.41, 5.74) is 9.35. The summed E-state index contributed by atoms with van der Waals surface area (Å²) in [6.07, 6.45) is 6.19. The second-order valence-electron chi connectivity index (χ2n) is 5.95. The van der Waals surface area contributed by atoms with Crippen LogP contribution in [0, 0.1) is 0 Å². The predicted octanol–water partition coefficient (Wildman–Crippen LogP) is 4.51. The Bertz CT molecular complexity index is 958. The number of fused-ring (bicyclic) bond motifs is 1. The van der Waals surface area contributed by atoms with Crippen molar-refractivity contribution in [3.8, 4) is 11.1 Å². The van der Waals surface area contributed by atoms with Gasteiger partial charge in [0, 0.05) is 34.4 Å². The van der Waals surface area contributed by atoms with Gasteiger partial charge in [-0.1, -0.05) is 6.07 Å². The molecule has 5 nitrogen and oxygen atoms in total. The molecule has 0 unspecified atom stereocenters. The molecule has 25 heavy (non-hydrogen) atoms. The topological polar surface area (TPSA) is 77.0 Å². The van der Waals surface area contributed by atoms with Gasteiger partial charge in [-0.25, -0.2) is 0 Å². The first-order chi connectivity index (χ1) is 12.2. The zero-order valence-corrected chi connectivity index (χ0v) is 15.4. The largest absolute Gasteiger partial charge is 0.467 e. The van der Waals surface area contributed by atoms with Crippen molar-refractivity contribution in [2.24, 2.45) is 5.73 Å². The number of aromatic nitrogens is 2. The standard InChI is InChI=1S/C18H18N4OS2/c1-11(19)8-14-15(12-4-2-6-20-9-12)16-17(24-14)18(25-22-16)21-10-13-5-3-7-23-13/h2-7,9,11,21H,8,10,19H2,1H3/t11-/m0/s1. The highest BCUT2D eigenvalue weighted by molar-refractivity contribution is 7.25. The highest BCUT2D eigenvalue weighted by Crippen LogP contribution is 2.44. The number of hydrogen-bond donors (Lipinski definition) is 2. The first kappa shape index (κ1) is 16.3. The Labute approximate surface area is 153 Å². The van der Waals surface area contributed by atoms with Crippen molar-refractivity contribution in [3.63, 3.8) is 0 Å². The summed E-state index contributed by atoms with van der Waals surface area (Å²) in [6.45, 7) is 2.68. The first-order valence-electron chi connectivity index (χ1n) is 8.05. The molecule has 0 aliphatic heterocycles. The Kier molecular flexibility index (Phi) is 4.52. The molecule has 0 aliphatic rings. The molecular weight excluding hydrogens is 352 g/mol. The van der Waals surface area contributed by atoms with E-state index in [4.69, 9.17) is 14.5 Å². The van der Waals surface area contributed by atoms with Crippen molar-refractivity contribution >= 4 is 38.1 Å². The maximum Gasteiger partial charge on any atom is 0.127 e. The number of nitrogens with two attached hydrogens (primary N) is 1.